The molecular weight excluding hydrogens is 306 g/mol. The summed E-state index contributed by atoms with van der Waals surface area (Å²) in [6, 6.07) is 3.39. The molecule has 0 saturated carbocycles. The molecule has 0 bridgehead atoms. The van der Waals surface area contributed by atoms with Crippen LogP contribution in [-0.2, 0) is 11.2 Å². The summed E-state index contributed by atoms with van der Waals surface area (Å²) in [4.78, 5) is 15.1. The third-order valence-corrected chi connectivity index (χ3v) is 3.32. The summed E-state index contributed by atoms with van der Waals surface area (Å²) >= 11 is 1.29. The second kappa shape index (κ2) is 8.79. The first-order chi connectivity index (χ1) is 10.5. The summed E-state index contributed by atoms with van der Waals surface area (Å²) in [6.07, 6.45) is 3.86. The van der Waals surface area contributed by atoms with Crippen molar-refractivity contribution >= 4 is 28.6 Å². The third kappa shape index (κ3) is 4.86. The predicted molar refractivity (Wildman–Crippen MR) is 84.9 cm³/mol. The fourth-order valence-corrected chi connectivity index (χ4v) is 2.15. The summed E-state index contributed by atoms with van der Waals surface area (Å²) in [5.74, 6) is 0.0501. The zero-order valence-electron chi connectivity index (χ0n) is 12.5. The highest BCUT2D eigenvalue weighted by Gasteiger charge is 2.14. The molecule has 7 nitrogen and oxygen atoms in total. The Bertz CT molecular complexity index is 611. The van der Waals surface area contributed by atoms with E-state index in [4.69, 9.17) is 19.8 Å². The Morgan fingerprint density at radius 2 is 2.18 bits per heavy atom. The highest BCUT2D eigenvalue weighted by atomic mass is 32.2. The van der Waals surface area contributed by atoms with E-state index in [-0.39, 0.29) is 6.42 Å². The molecule has 0 radical (unpaired) electrons. The number of aliphatic imine (C=N–C) groups is 1. The number of carboxylic acid groups (broad SMARTS) is 1. The first-order valence-corrected chi connectivity index (χ1v) is 7.52. The first-order valence-electron chi connectivity index (χ1n) is 6.30. The van der Waals surface area contributed by atoms with E-state index < -0.39 is 5.97 Å². The van der Waals surface area contributed by atoms with E-state index in [2.05, 4.69) is 10.3 Å². The van der Waals surface area contributed by atoms with Crippen LogP contribution in [0.25, 0.3) is 0 Å². The molecule has 0 unspecified atom stereocenters. The van der Waals surface area contributed by atoms with Crippen molar-refractivity contribution in [1.29, 1.82) is 5.26 Å². The second-order valence-electron chi connectivity index (χ2n) is 4.09. The van der Waals surface area contributed by atoms with Crippen LogP contribution in [-0.4, -0.2) is 36.7 Å². The zero-order chi connectivity index (χ0) is 16.5. The molecule has 1 rings (SSSR count). The Labute approximate surface area is 132 Å². The fraction of sp³-hybridized carbons (Fsp3) is 0.357. The van der Waals surface area contributed by atoms with Crippen LogP contribution in [0, 0.1) is 11.5 Å². The predicted octanol–water partition coefficient (Wildman–Crippen LogP) is 2.14. The molecule has 0 amide bonds. The molecule has 0 aromatic heterocycles. The second-order valence-corrected chi connectivity index (χ2v) is 4.89. The normalized spacial score (nSPS) is 10.7. The number of ether oxygens (including phenoxy) is 2. The van der Waals surface area contributed by atoms with Crippen molar-refractivity contribution in [3.63, 3.8) is 0 Å². The van der Waals surface area contributed by atoms with E-state index in [1.54, 1.807) is 18.4 Å². The largest absolute Gasteiger partial charge is 0.493 e. The average Bonchev–Trinajstić information content (AvgIpc) is 2.51. The molecule has 0 saturated heterocycles. The Morgan fingerprint density at radius 1 is 1.45 bits per heavy atom. The molecule has 0 heterocycles. The molecule has 1 aromatic rings. The molecule has 0 spiro atoms. The molecule has 2 N–H and O–H groups in total. The number of benzene rings is 1. The van der Waals surface area contributed by atoms with E-state index in [9.17, 15) is 4.79 Å². The Balaban J connectivity index is 3.27. The van der Waals surface area contributed by atoms with Gasteiger partial charge in [-0.1, -0.05) is 11.8 Å². The van der Waals surface area contributed by atoms with Gasteiger partial charge in [-0.25, -0.2) is 4.99 Å². The molecule has 1 aromatic carbocycles. The molecule has 0 atom stereocenters. The third-order valence-electron chi connectivity index (χ3n) is 2.74. The SMILES string of the molecule is COc1cc(N=C(NC#N)SC)cc(CCC(=O)O)c1OC. The summed E-state index contributed by atoms with van der Waals surface area (Å²) in [7, 11) is 2.99. The van der Waals surface area contributed by atoms with Crippen molar-refractivity contribution in [2.45, 2.75) is 12.8 Å². The number of nitrogens with one attached hydrogen (secondary N) is 1. The number of rotatable bonds is 6. The maximum absolute atomic E-state index is 10.8. The Morgan fingerprint density at radius 3 is 2.68 bits per heavy atom. The van der Waals surface area contributed by atoms with E-state index in [0.717, 1.165) is 0 Å². The average molecular weight is 323 g/mol. The number of carbonyl (C=O) groups is 1. The van der Waals surface area contributed by atoms with Gasteiger partial charge in [0, 0.05) is 18.1 Å². The van der Waals surface area contributed by atoms with Gasteiger partial charge in [-0.2, -0.15) is 5.26 Å². The maximum Gasteiger partial charge on any atom is 0.303 e. The monoisotopic (exact) mass is 323 g/mol. The van der Waals surface area contributed by atoms with Crippen LogP contribution in [0.5, 0.6) is 11.5 Å². The Hall–Kier alpha value is -2.40. The number of carboxylic acids is 1. The highest BCUT2D eigenvalue weighted by Crippen LogP contribution is 2.36. The van der Waals surface area contributed by atoms with Crippen molar-refractivity contribution < 1.29 is 19.4 Å². The van der Waals surface area contributed by atoms with Gasteiger partial charge in [-0.05, 0) is 18.7 Å². The summed E-state index contributed by atoms with van der Waals surface area (Å²) in [5, 5.41) is 20.4. The van der Waals surface area contributed by atoms with E-state index in [1.165, 1.54) is 26.0 Å². The van der Waals surface area contributed by atoms with Crippen LogP contribution >= 0.6 is 11.8 Å². The van der Waals surface area contributed by atoms with Crippen LogP contribution in [0.15, 0.2) is 17.1 Å². The Kier molecular flexibility index (Phi) is 7.05. The van der Waals surface area contributed by atoms with Crippen molar-refractivity contribution in [2.24, 2.45) is 4.99 Å². The molecule has 22 heavy (non-hydrogen) atoms. The summed E-state index contributed by atoms with van der Waals surface area (Å²) < 4.78 is 10.6. The van der Waals surface area contributed by atoms with Crippen LogP contribution in [0.2, 0.25) is 0 Å². The number of aliphatic carboxylic acids is 1. The van der Waals surface area contributed by atoms with Crippen LogP contribution in [0.4, 0.5) is 5.69 Å². The lowest BCUT2D eigenvalue weighted by atomic mass is 10.1. The van der Waals surface area contributed by atoms with Crippen molar-refractivity contribution in [2.75, 3.05) is 20.5 Å². The fourth-order valence-electron chi connectivity index (χ4n) is 1.81. The van der Waals surface area contributed by atoms with E-state index >= 15 is 0 Å². The lowest BCUT2D eigenvalue weighted by Gasteiger charge is -2.13. The summed E-state index contributed by atoms with van der Waals surface area (Å²) in [6.45, 7) is 0. The number of aryl methyl sites for hydroxylation is 1. The zero-order valence-corrected chi connectivity index (χ0v) is 13.4. The van der Waals surface area contributed by atoms with Gasteiger partial charge in [-0.15, -0.1) is 0 Å². The van der Waals surface area contributed by atoms with Gasteiger partial charge in [0.25, 0.3) is 0 Å². The lowest BCUT2D eigenvalue weighted by Crippen LogP contribution is -2.12. The molecule has 0 fully saturated rings. The lowest BCUT2D eigenvalue weighted by molar-refractivity contribution is -0.136. The molecule has 0 aliphatic heterocycles. The van der Waals surface area contributed by atoms with Gasteiger partial charge in [0.05, 0.1) is 19.9 Å². The molecule has 8 heteroatoms. The molecular formula is C14H17N3O4S. The minimum atomic E-state index is -0.897. The minimum absolute atomic E-state index is 0.0293. The van der Waals surface area contributed by atoms with Gasteiger partial charge in [0.1, 0.15) is 0 Å². The number of methoxy groups -OCH3 is 2. The van der Waals surface area contributed by atoms with Gasteiger partial charge < -0.3 is 14.6 Å². The molecule has 0 aliphatic carbocycles. The van der Waals surface area contributed by atoms with Gasteiger partial charge in [0.15, 0.2) is 22.9 Å². The van der Waals surface area contributed by atoms with Crippen LogP contribution in [0.1, 0.15) is 12.0 Å². The number of thioether (sulfide) groups is 1. The van der Waals surface area contributed by atoms with Gasteiger partial charge >= 0.3 is 5.97 Å². The highest BCUT2D eigenvalue weighted by molar-refractivity contribution is 8.13. The number of amidine groups is 1. The number of hydrogen-bond acceptors (Lipinski definition) is 6. The van der Waals surface area contributed by atoms with Crippen LogP contribution in [0.3, 0.4) is 0 Å². The van der Waals surface area contributed by atoms with Crippen LogP contribution < -0.4 is 14.8 Å². The number of hydrogen-bond donors (Lipinski definition) is 2. The van der Waals surface area contributed by atoms with E-state index in [0.29, 0.717) is 34.3 Å². The molecule has 118 valence electrons. The molecule has 0 aliphatic rings. The number of nitrogens with zero attached hydrogens (tertiary/aromatic N) is 2. The topological polar surface area (TPSA) is 104 Å². The standard InChI is InChI=1S/C14H17N3O4S/c1-20-11-7-10(17-14(22-3)16-8-15)6-9(13(11)21-2)4-5-12(18)19/h6-7H,4-5H2,1-3H3,(H,16,17)(H,18,19). The first kappa shape index (κ1) is 17.7. The van der Waals surface area contributed by atoms with Crippen molar-refractivity contribution in [3.8, 4) is 17.7 Å². The summed E-state index contributed by atoms with van der Waals surface area (Å²) in [5.41, 5.74) is 1.23. The quantitative estimate of drug-likeness (QED) is 0.358. The van der Waals surface area contributed by atoms with Crippen molar-refractivity contribution in [3.05, 3.63) is 17.7 Å². The minimum Gasteiger partial charge on any atom is -0.493 e. The van der Waals surface area contributed by atoms with Gasteiger partial charge in [0.2, 0.25) is 0 Å². The number of nitriles is 1. The smallest absolute Gasteiger partial charge is 0.303 e. The van der Waals surface area contributed by atoms with Crippen molar-refractivity contribution in [1.82, 2.24) is 5.32 Å². The van der Waals surface area contributed by atoms with Gasteiger partial charge in [-0.3, -0.25) is 10.1 Å². The van der Waals surface area contributed by atoms with E-state index in [1.807, 2.05) is 6.19 Å². The maximum atomic E-state index is 10.8.